The Kier molecular flexibility index (Phi) is 4.30. The van der Waals surface area contributed by atoms with Crippen molar-refractivity contribution in [2.75, 3.05) is 4.72 Å². The van der Waals surface area contributed by atoms with Crippen LogP contribution in [-0.4, -0.2) is 28.6 Å². The highest BCUT2D eigenvalue weighted by atomic mass is 32.2. The first-order valence-corrected chi connectivity index (χ1v) is 8.90. The summed E-state index contributed by atoms with van der Waals surface area (Å²) in [7, 11) is -3.65. The zero-order valence-corrected chi connectivity index (χ0v) is 14.1. The highest BCUT2D eigenvalue weighted by Crippen LogP contribution is 2.21. The molecule has 0 spiro atoms. The van der Waals surface area contributed by atoms with Gasteiger partial charge in [0, 0.05) is 0 Å². The molecule has 0 atom stereocenters. The summed E-state index contributed by atoms with van der Waals surface area (Å²) in [5.74, 6) is 0.350. The van der Waals surface area contributed by atoms with Crippen molar-refractivity contribution in [2.45, 2.75) is 24.7 Å². The zero-order chi connectivity index (χ0) is 17.2. The van der Waals surface area contributed by atoms with Crippen molar-refractivity contribution in [1.29, 1.82) is 0 Å². The van der Waals surface area contributed by atoms with Crippen molar-refractivity contribution in [1.82, 2.24) is 20.2 Å². The Bertz CT molecular complexity index is 919. The maximum atomic E-state index is 12.5. The molecule has 0 aliphatic carbocycles. The molecule has 24 heavy (non-hydrogen) atoms. The summed E-state index contributed by atoms with van der Waals surface area (Å²) < 4.78 is 29.1. The quantitative estimate of drug-likeness (QED) is 0.769. The van der Waals surface area contributed by atoms with Crippen LogP contribution in [0.4, 0.5) is 5.69 Å². The highest BCUT2D eigenvalue weighted by molar-refractivity contribution is 7.92. The monoisotopic (exact) mass is 343 g/mol. The molecule has 0 aliphatic rings. The summed E-state index contributed by atoms with van der Waals surface area (Å²) >= 11 is 0. The van der Waals surface area contributed by atoms with Crippen LogP contribution in [0.15, 0.2) is 59.8 Å². The maximum Gasteiger partial charge on any atom is 0.261 e. The van der Waals surface area contributed by atoms with Gasteiger partial charge in [-0.2, -0.15) is 0 Å². The van der Waals surface area contributed by atoms with Crippen molar-refractivity contribution in [3.05, 3.63) is 60.4 Å². The molecule has 124 valence electrons. The van der Waals surface area contributed by atoms with Gasteiger partial charge in [-0.1, -0.05) is 32.0 Å². The molecule has 0 aliphatic heterocycles. The second kappa shape index (κ2) is 6.40. The van der Waals surface area contributed by atoms with Gasteiger partial charge in [0.15, 0.2) is 0 Å². The normalized spacial score (nSPS) is 11.6. The topological polar surface area (TPSA) is 89.8 Å². The lowest BCUT2D eigenvalue weighted by atomic mass is 10.0. The lowest BCUT2D eigenvalue weighted by molar-refractivity contribution is 0.601. The summed E-state index contributed by atoms with van der Waals surface area (Å²) in [5.41, 5.74) is 2.20. The van der Waals surface area contributed by atoms with Crippen molar-refractivity contribution >= 4 is 15.7 Å². The van der Waals surface area contributed by atoms with Crippen LogP contribution in [0.1, 0.15) is 25.3 Å². The van der Waals surface area contributed by atoms with Gasteiger partial charge in [-0.3, -0.25) is 4.72 Å². The first-order chi connectivity index (χ1) is 11.5. The number of nitrogens with zero attached hydrogens (tertiary/aromatic N) is 4. The number of aromatic nitrogens is 4. The molecule has 3 rings (SSSR count). The van der Waals surface area contributed by atoms with Gasteiger partial charge >= 0.3 is 0 Å². The van der Waals surface area contributed by atoms with E-state index in [9.17, 15) is 8.42 Å². The van der Waals surface area contributed by atoms with Crippen LogP contribution >= 0.6 is 0 Å². The predicted molar refractivity (Wildman–Crippen MR) is 90.5 cm³/mol. The van der Waals surface area contributed by atoms with Crippen LogP contribution in [0.3, 0.4) is 0 Å². The number of tetrazole rings is 1. The smallest absolute Gasteiger partial charge is 0.261 e. The van der Waals surface area contributed by atoms with Gasteiger partial charge < -0.3 is 0 Å². The molecule has 8 heteroatoms. The van der Waals surface area contributed by atoms with E-state index in [1.165, 1.54) is 11.0 Å². The number of sulfonamides is 1. The number of hydrogen-bond acceptors (Lipinski definition) is 5. The summed E-state index contributed by atoms with van der Waals surface area (Å²) in [6.07, 6.45) is 1.44. The maximum absolute atomic E-state index is 12.5. The number of rotatable bonds is 5. The van der Waals surface area contributed by atoms with E-state index in [-0.39, 0.29) is 4.90 Å². The van der Waals surface area contributed by atoms with Crippen LogP contribution in [-0.2, 0) is 10.0 Å². The number of nitrogens with one attached hydrogen (secondary N) is 1. The average molecular weight is 343 g/mol. The van der Waals surface area contributed by atoms with Crippen LogP contribution in [0.5, 0.6) is 0 Å². The fourth-order valence-electron chi connectivity index (χ4n) is 2.24. The SMILES string of the molecule is CC(C)c1ccc(S(=O)(=O)Nc2cccc(-n3cnnn3)c2)cc1. The second-order valence-corrected chi connectivity index (χ2v) is 7.32. The van der Waals surface area contributed by atoms with Crippen molar-refractivity contribution in [3.63, 3.8) is 0 Å². The molecule has 0 fully saturated rings. The van der Waals surface area contributed by atoms with Crippen LogP contribution in [0, 0.1) is 0 Å². The fourth-order valence-corrected chi connectivity index (χ4v) is 3.29. The van der Waals surface area contributed by atoms with Gasteiger partial charge in [-0.25, -0.2) is 13.1 Å². The second-order valence-electron chi connectivity index (χ2n) is 5.63. The van der Waals surface area contributed by atoms with E-state index in [2.05, 4.69) is 34.1 Å². The van der Waals surface area contributed by atoms with Gasteiger partial charge in [0.1, 0.15) is 6.33 Å². The van der Waals surface area contributed by atoms with Crippen molar-refractivity contribution in [2.24, 2.45) is 0 Å². The van der Waals surface area contributed by atoms with Crippen molar-refractivity contribution in [3.8, 4) is 5.69 Å². The predicted octanol–water partition coefficient (Wildman–Crippen LogP) is 2.59. The molecule has 0 amide bonds. The first kappa shape index (κ1) is 16.1. The molecular weight excluding hydrogens is 326 g/mol. The largest absolute Gasteiger partial charge is 0.280 e. The molecular formula is C16H17N5O2S. The number of benzene rings is 2. The van der Waals surface area contributed by atoms with E-state index in [4.69, 9.17) is 0 Å². The molecule has 1 heterocycles. The molecule has 0 unspecified atom stereocenters. The van der Waals surface area contributed by atoms with Crippen LogP contribution in [0.2, 0.25) is 0 Å². The van der Waals surface area contributed by atoms with E-state index >= 15 is 0 Å². The third-order valence-corrected chi connectivity index (χ3v) is 4.97. The lowest BCUT2D eigenvalue weighted by Gasteiger charge is -2.11. The highest BCUT2D eigenvalue weighted by Gasteiger charge is 2.15. The van der Waals surface area contributed by atoms with Gasteiger partial charge in [0.2, 0.25) is 0 Å². The van der Waals surface area contributed by atoms with Gasteiger partial charge in [0.05, 0.1) is 16.3 Å². The Balaban J connectivity index is 1.85. The molecule has 1 aromatic heterocycles. The molecule has 7 nitrogen and oxygen atoms in total. The number of anilines is 1. The Hall–Kier alpha value is -2.74. The zero-order valence-electron chi connectivity index (χ0n) is 13.3. The fraction of sp³-hybridized carbons (Fsp3) is 0.188. The average Bonchev–Trinajstić information content (AvgIpc) is 3.09. The molecule has 0 radical (unpaired) electrons. The van der Waals surface area contributed by atoms with Crippen molar-refractivity contribution < 1.29 is 8.42 Å². The molecule has 1 N–H and O–H groups in total. The Morgan fingerprint density at radius 2 is 1.83 bits per heavy atom. The molecule has 3 aromatic rings. The standard InChI is InChI=1S/C16H17N5O2S/c1-12(2)13-6-8-16(9-7-13)24(22,23)18-14-4-3-5-15(10-14)21-11-17-19-20-21/h3-12,18H,1-2H3. The Morgan fingerprint density at radius 1 is 1.08 bits per heavy atom. The Labute approximate surface area is 140 Å². The minimum absolute atomic E-state index is 0.222. The Morgan fingerprint density at radius 3 is 2.46 bits per heavy atom. The summed E-state index contributed by atoms with van der Waals surface area (Å²) in [6, 6.07) is 13.7. The van der Waals surface area contributed by atoms with Crippen LogP contribution < -0.4 is 4.72 Å². The van der Waals surface area contributed by atoms with E-state index in [0.717, 1.165) is 5.56 Å². The van der Waals surface area contributed by atoms with E-state index in [0.29, 0.717) is 17.3 Å². The number of hydrogen-bond donors (Lipinski definition) is 1. The summed E-state index contributed by atoms with van der Waals surface area (Å²) in [5, 5.41) is 10.9. The van der Waals surface area contributed by atoms with E-state index in [1.807, 2.05) is 12.1 Å². The van der Waals surface area contributed by atoms with E-state index < -0.39 is 10.0 Å². The minimum atomic E-state index is -3.65. The molecule has 0 saturated carbocycles. The summed E-state index contributed by atoms with van der Waals surface area (Å²) in [4.78, 5) is 0.222. The third kappa shape index (κ3) is 3.43. The van der Waals surface area contributed by atoms with Gasteiger partial charge in [-0.15, -0.1) is 5.10 Å². The van der Waals surface area contributed by atoms with Gasteiger partial charge in [0.25, 0.3) is 10.0 Å². The molecule has 0 saturated heterocycles. The lowest BCUT2D eigenvalue weighted by Crippen LogP contribution is -2.13. The van der Waals surface area contributed by atoms with Crippen LogP contribution in [0.25, 0.3) is 5.69 Å². The first-order valence-electron chi connectivity index (χ1n) is 7.42. The molecule has 2 aromatic carbocycles. The van der Waals surface area contributed by atoms with Gasteiger partial charge in [-0.05, 0) is 52.2 Å². The van der Waals surface area contributed by atoms with E-state index in [1.54, 1.807) is 36.4 Å². The molecule has 0 bridgehead atoms. The summed E-state index contributed by atoms with van der Waals surface area (Å²) in [6.45, 7) is 4.12. The minimum Gasteiger partial charge on any atom is -0.280 e. The third-order valence-electron chi connectivity index (χ3n) is 3.57.